The zero-order valence-corrected chi connectivity index (χ0v) is 15.2. The van der Waals surface area contributed by atoms with E-state index < -0.39 is 0 Å². The first-order chi connectivity index (χ1) is 12.8. The van der Waals surface area contributed by atoms with Crippen molar-refractivity contribution in [3.05, 3.63) is 48.2 Å². The Kier molecular flexibility index (Phi) is 6.61. The van der Waals surface area contributed by atoms with Gasteiger partial charge in [-0.15, -0.1) is 0 Å². The van der Waals surface area contributed by atoms with E-state index in [0.717, 1.165) is 37.0 Å². The summed E-state index contributed by atoms with van der Waals surface area (Å²) < 4.78 is 10.7. The molecule has 5 nitrogen and oxygen atoms in total. The molecule has 0 saturated carbocycles. The van der Waals surface area contributed by atoms with E-state index in [4.69, 9.17) is 9.47 Å². The van der Waals surface area contributed by atoms with Crippen LogP contribution in [0.4, 0.5) is 0 Å². The number of ether oxygens (including phenoxy) is 2. The molecule has 1 aliphatic rings. The summed E-state index contributed by atoms with van der Waals surface area (Å²) in [5.74, 6) is 0.561. The van der Waals surface area contributed by atoms with Crippen LogP contribution >= 0.6 is 0 Å². The lowest BCUT2D eigenvalue weighted by atomic mass is 10.1. The molecule has 0 spiro atoms. The number of amides is 1. The molecule has 1 N–H and O–H groups in total. The fourth-order valence-corrected chi connectivity index (χ4v) is 3.16. The van der Waals surface area contributed by atoms with Gasteiger partial charge in [-0.1, -0.05) is 12.1 Å². The Morgan fingerprint density at radius 1 is 1.19 bits per heavy atom. The molecule has 26 heavy (non-hydrogen) atoms. The van der Waals surface area contributed by atoms with Gasteiger partial charge >= 0.3 is 0 Å². The van der Waals surface area contributed by atoms with E-state index in [0.29, 0.717) is 24.1 Å². The summed E-state index contributed by atoms with van der Waals surface area (Å²) in [6, 6.07) is 11.4. The summed E-state index contributed by atoms with van der Waals surface area (Å²) in [6.45, 7) is 1.61. The van der Waals surface area contributed by atoms with Gasteiger partial charge in [-0.2, -0.15) is 0 Å². The molecule has 0 unspecified atom stereocenters. The van der Waals surface area contributed by atoms with Crippen molar-refractivity contribution in [2.75, 3.05) is 20.3 Å². The summed E-state index contributed by atoms with van der Waals surface area (Å²) >= 11 is 0. The van der Waals surface area contributed by atoms with Gasteiger partial charge in [0.05, 0.1) is 13.2 Å². The third kappa shape index (κ3) is 5.05. The summed E-state index contributed by atoms with van der Waals surface area (Å²) in [6.07, 6.45) is 7.75. The molecule has 1 amide bonds. The lowest BCUT2D eigenvalue weighted by Crippen LogP contribution is -2.24. The van der Waals surface area contributed by atoms with Gasteiger partial charge in [0.25, 0.3) is 5.91 Å². The Morgan fingerprint density at radius 3 is 2.65 bits per heavy atom. The van der Waals surface area contributed by atoms with Gasteiger partial charge in [0, 0.05) is 36.5 Å². The molecule has 2 aromatic rings. The predicted molar refractivity (Wildman–Crippen MR) is 101 cm³/mol. The number of hydrogen-bond donors (Lipinski definition) is 1. The smallest absolute Gasteiger partial charge is 0.251 e. The monoisotopic (exact) mass is 354 g/mol. The van der Waals surface area contributed by atoms with Gasteiger partial charge < -0.3 is 14.8 Å². The molecule has 0 bridgehead atoms. The number of benzene rings is 1. The third-order valence-corrected chi connectivity index (χ3v) is 4.69. The molecule has 3 rings (SSSR count). The van der Waals surface area contributed by atoms with E-state index in [2.05, 4.69) is 10.3 Å². The Balaban J connectivity index is 1.44. The van der Waals surface area contributed by atoms with Crippen LogP contribution in [-0.4, -0.2) is 37.3 Å². The number of methoxy groups -OCH3 is 1. The zero-order valence-electron chi connectivity index (χ0n) is 15.2. The first-order valence-corrected chi connectivity index (χ1v) is 9.26. The number of unbranched alkanes of at least 4 members (excludes halogenated alkanes) is 1. The van der Waals surface area contributed by atoms with Crippen LogP contribution in [0.15, 0.2) is 42.6 Å². The van der Waals surface area contributed by atoms with Crippen LogP contribution < -0.4 is 10.1 Å². The lowest BCUT2D eigenvalue weighted by Gasteiger charge is -2.09. The molecule has 2 heterocycles. The zero-order chi connectivity index (χ0) is 18.2. The Bertz CT molecular complexity index is 692. The minimum Gasteiger partial charge on any atom is -0.481 e. The summed E-state index contributed by atoms with van der Waals surface area (Å²) in [7, 11) is 1.60. The van der Waals surface area contributed by atoms with Crippen molar-refractivity contribution < 1.29 is 14.3 Å². The van der Waals surface area contributed by atoms with Gasteiger partial charge in [-0.05, 0) is 55.9 Å². The van der Waals surface area contributed by atoms with Crippen molar-refractivity contribution in [3.63, 3.8) is 0 Å². The lowest BCUT2D eigenvalue weighted by molar-refractivity contribution is 0.0947. The van der Waals surface area contributed by atoms with E-state index in [-0.39, 0.29) is 5.91 Å². The first kappa shape index (κ1) is 18.4. The van der Waals surface area contributed by atoms with Gasteiger partial charge in [0.1, 0.15) is 0 Å². The molecule has 1 atom stereocenters. The Morgan fingerprint density at radius 2 is 2.00 bits per heavy atom. The average molecular weight is 354 g/mol. The number of nitrogens with one attached hydrogen (secondary N) is 1. The minimum absolute atomic E-state index is 0.0264. The number of hydrogen-bond acceptors (Lipinski definition) is 4. The van der Waals surface area contributed by atoms with Crippen molar-refractivity contribution >= 4 is 5.91 Å². The molecular weight excluding hydrogens is 328 g/mol. The van der Waals surface area contributed by atoms with Crippen molar-refractivity contribution in [2.45, 2.75) is 38.2 Å². The first-order valence-electron chi connectivity index (χ1n) is 9.26. The highest BCUT2D eigenvalue weighted by Crippen LogP contribution is 2.21. The van der Waals surface area contributed by atoms with Gasteiger partial charge in [0.2, 0.25) is 5.88 Å². The minimum atomic E-state index is -0.0264. The quantitative estimate of drug-likeness (QED) is 0.732. The maximum absolute atomic E-state index is 12.2. The summed E-state index contributed by atoms with van der Waals surface area (Å²) in [5.41, 5.74) is 2.69. The Hall–Kier alpha value is -2.40. The fourth-order valence-electron chi connectivity index (χ4n) is 3.16. The van der Waals surface area contributed by atoms with Crippen molar-refractivity contribution in [3.8, 4) is 17.0 Å². The number of nitrogens with zero attached hydrogens (tertiary/aromatic N) is 1. The van der Waals surface area contributed by atoms with Crippen LogP contribution in [0.2, 0.25) is 0 Å². The standard InChI is InChI=1S/C21H26N2O3/c1-25-20-12-11-18(15-23-20)16-7-9-17(10-8-16)21(24)22-13-3-2-5-19-6-4-14-26-19/h7-12,15,19H,2-6,13-14H2,1H3,(H,22,24)/t19-/m1/s1. The van der Waals surface area contributed by atoms with E-state index in [1.807, 2.05) is 36.4 Å². The molecule has 1 aliphatic heterocycles. The molecule has 138 valence electrons. The van der Waals surface area contributed by atoms with Crippen molar-refractivity contribution in [1.82, 2.24) is 10.3 Å². The molecular formula is C21H26N2O3. The molecule has 0 radical (unpaired) electrons. The van der Waals surface area contributed by atoms with E-state index in [1.165, 1.54) is 12.8 Å². The Labute approximate surface area is 154 Å². The number of aromatic nitrogens is 1. The average Bonchev–Trinajstić information content (AvgIpc) is 3.21. The van der Waals surface area contributed by atoms with Gasteiger partial charge in [-0.25, -0.2) is 4.98 Å². The van der Waals surface area contributed by atoms with Crippen molar-refractivity contribution in [2.24, 2.45) is 0 Å². The van der Waals surface area contributed by atoms with E-state index in [1.54, 1.807) is 13.3 Å². The second-order valence-corrected chi connectivity index (χ2v) is 6.55. The van der Waals surface area contributed by atoms with Crippen LogP contribution in [0.5, 0.6) is 5.88 Å². The van der Waals surface area contributed by atoms with Crippen molar-refractivity contribution in [1.29, 1.82) is 0 Å². The van der Waals surface area contributed by atoms with Gasteiger partial charge in [-0.3, -0.25) is 4.79 Å². The highest BCUT2D eigenvalue weighted by molar-refractivity contribution is 5.94. The largest absolute Gasteiger partial charge is 0.481 e. The topological polar surface area (TPSA) is 60.5 Å². The van der Waals surface area contributed by atoms with Crippen LogP contribution in [-0.2, 0) is 4.74 Å². The number of rotatable bonds is 8. The second-order valence-electron chi connectivity index (χ2n) is 6.55. The van der Waals surface area contributed by atoms with Gasteiger partial charge in [0.15, 0.2) is 0 Å². The summed E-state index contributed by atoms with van der Waals surface area (Å²) in [4.78, 5) is 16.4. The van der Waals surface area contributed by atoms with Crippen LogP contribution in [0, 0.1) is 0 Å². The van der Waals surface area contributed by atoms with Crippen LogP contribution in [0.3, 0.4) is 0 Å². The second kappa shape index (κ2) is 9.34. The molecule has 1 saturated heterocycles. The molecule has 5 heteroatoms. The highest BCUT2D eigenvalue weighted by Gasteiger charge is 2.14. The highest BCUT2D eigenvalue weighted by atomic mass is 16.5. The molecule has 1 aromatic heterocycles. The number of carbonyl (C=O) groups excluding carboxylic acids is 1. The van der Waals surface area contributed by atoms with E-state index in [9.17, 15) is 4.79 Å². The molecule has 0 aliphatic carbocycles. The van der Waals surface area contributed by atoms with Crippen LogP contribution in [0.1, 0.15) is 42.5 Å². The molecule has 1 aromatic carbocycles. The molecule has 1 fully saturated rings. The number of pyridine rings is 1. The number of carbonyl (C=O) groups is 1. The maximum Gasteiger partial charge on any atom is 0.251 e. The maximum atomic E-state index is 12.2. The normalized spacial score (nSPS) is 16.4. The van der Waals surface area contributed by atoms with Crippen LogP contribution in [0.25, 0.3) is 11.1 Å². The third-order valence-electron chi connectivity index (χ3n) is 4.69. The fraction of sp³-hybridized carbons (Fsp3) is 0.429. The predicted octanol–water partition coefficient (Wildman–Crippen LogP) is 3.84. The SMILES string of the molecule is COc1ccc(-c2ccc(C(=O)NCCCC[C@@H]3CCCO3)cc2)cn1. The van der Waals surface area contributed by atoms with E-state index >= 15 is 0 Å². The summed E-state index contributed by atoms with van der Waals surface area (Å²) in [5, 5.41) is 2.99.